The highest BCUT2D eigenvalue weighted by molar-refractivity contribution is 7.16. The Hall–Kier alpha value is -3.04. The number of anilines is 1. The number of nitrogens with two attached hydrogens (primary N) is 1. The molecule has 1 amide bonds. The Morgan fingerprint density at radius 1 is 1.25 bits per heavy atom. The van der Waals surface area contributed by atoms with Gasteiger partial charge in [0, 0.05) is 25.8 Å². The molecule has 1 unspecified atom stereocenters. The van der Waals surface area contributed by atoms with E-state index in [1.54, 1.807) is 32.6 Å². The summed E-state index contributed by atoms with van der Waals surface area (Å²) in [4.78, 5) is 25.9. The summed E-state index contributed by atoms with van der Waals surface area (Å²) >= 11 is 1.28. The van der Waals surface area contributed by atoms with Crippen LogP contribution in [-0.2, 0) is 6.42 Å². The number of nitrogens with zero attached hydrogens (tertiary/aromatic N) is 3. The maximum Gasteiger partial charge on any atom is 0.263 e. The van der Waals surface area contributed by atoms with Crippen LogP contribution in [0.5, 0.6) is 5.75 Å². The molecule has 0 fully saturated rings. The fourth-order valence-corrected chi connectivity index (χ4v) is 3.38. The van der Waals surface area contributed by atoms with Crippen LogP contribution in [0.4, 0.5) is 5.95 Å². The Balaban J connectivity index is 1.66. The summed E-state index contributed by atoms with van der Waals surface area (Å²) in [6.07, 6.45) is 3.83. The molecule has 0 aliphatic carbocycles. The zero-order valence-electron chi connectivity index (χ0n) is 15.7. The van der Waals surface area contributed by atoms with Crippen LogP contribution in [0.15, 0.2) is 42.7 Å². The van der Waals surface area contributed by atoms with Gasteiger partial charge in [-0.2, -0.15) is 0 Å². The fraction of sp³-hybridized carbons (Fsp3) is 0.263. The Morgan fingerprint density at radius 3 is 2.71 bits per heavy atom. The van der Waals surface area contributed by atoms with Crippen molar-refractivity contribution in [2.75, 3.05) is 26.0 Å². The van der Waals surface area contributed by atoms with Gasteiger partial charge < -0.3 is 21.1 Å². The van der Waals surface area contributed by atoms with E-state index in [1.165, 1.54) is 11.3 Å². The number of aromatic nitrogens is 3. The van der Waals surface area contributed by atoms with Gasteiger partial charge in [-0.1, -0.05) is 12.1 Å². The van der Waals surface area contributed by atoms with Crippen molar-refractivity contribution in [1.29, 1.82) is 0 Å². The van der Waals surface area contributed by atoms with Crippen molar-refractivity contribution in [1.82, 2.24) is 20.3 Å². The third kappa shape index (κ3) is 4.81. The first-order chi connectivity index (χ1) is 13.6. The molecule has 3 rings (SSSR count). The van der Waals surface area contributed by atoms with Crippen LogP contribution in [0.2, 0.25) is 0 Å². The molecule has 9 heteroatoms. The van der Waals surface area contributed by atoms with Gasteiger partial charge in [0.25, 0.3) is 5.91 Å². The number of carbonyl (C=O) groups is 1. The normalized spacial score (nSPS) is 11.7. The van der Waals surface area contributed by atoms with Crippen molar-refractivity contribution in [3.05, 3.63) is 53.2 Å². The number of amides is 1. The molecule has 2 aromatic heterocycles. The van der Waals surface area contributed by atoms with Crippen molar-refractivity contribution in [3.8, 4) is 16.5 Å². The summed E-state index contributed by atoms with van der Waals surface area (Å²) in [7, 11) is 3.37. The second-order valence-corrected chi connectivity index (χ2v) is 7.03. The third-order valence-electron chi connectivity index (χ3n) is 4.09. The highest BCUT2D eigenvalue weighted by Gasteiger charge is 2.17. The first-order valence-corrected chi connectivity index (χ1v) is 9.55. The number of hydrogen-bond donors (Lipinski definition) is 3. The summed E-state index contributed by atoms with van der Waals surface area (Å²) in [5.41, 5.74) is 7.59. The maximum atomic E-state index is 12.6. The van der Waals surface area contributed by atoms with E-state index in [1.807, 2.05) is 24.3 Å². The van der Waals surface area contributed by atoms with Crippen molar-refractivity contribution < 1.29 is 9.53 Å². The van der Waals surface area contributed by atoms with Crippen LogP contribution in [0, 0.1) is 0 Å². The summed E-state index contributed by atoms with van der Waals surface area (Å²) < 4.78 is 5.16. The molecule has 2 heterocycles. The van der Waals surface area contributed by atoms with Crippen LogP contribution in [0.25, 0.3) is 10.7 Å². The SMILES string of the molecule is CNc1nccc(-c2ncc(C(=O)NC(CN)Cc3ccc(OC)cc3)s2)n1. The van der Waals surface area contributed by atoms with Crippen LogP contribution < -0.4 is 21.1 Å². The Morgan fingerprint density at radius 2 is 2.04 bits per heavy atom. The Labute approximate surface area is 167 Å². The predicted molar refractivity (Wildman–Crippen MR) is 110 cm³/mol. The Bertz CT molecular complexity index is 928. The first-order valence-electron chi connectivity index (χ1n) is 8.73. The largest absolute Gasteiger partial charge is 0.497 e. The van der Waals surface area contributed by atoms with Crippen molar-refractivity contribution in [2.24, 2.45) is 5.73 Å². The molecule has 1 atom stereocenters. The lowest BCUT2D eigenvalue weighted by Gasteiger charge is -2.16. The van der Waals surface area contributed by atoms with E-state index >= 15 is 0 Å². The molecule has 0 saturated heterocycles. The molecule has 8 nitrogen and oxygen atoms in total. The molecule has 0 spiro atoms. The minimum absolute atomic E-state index is 0.179. The van der Waals surface area contributed by atoms with Crippen LogP contribution in [-0.4, -0.2) is 47.6 Å². The summed E-state index contributed by atoms with van der Waals surface area (Å²) in [6, 6.07) is 9.29. The van der Waals surface area contributed by atoms with Gasteiger partial charge >= 0.3 is 0 Å². The number of nitrogens with one attached hydrogen (secondary N) is 2. The number of carbonyl (C=O) groups excluding carboxylic acids is 1. The predicted octanol–water partition coefficient (Wildman–Crippen LogP) is 1.95. The van der Waals surface area contributed by atoms with Crippen LogP contribution in [0.1, 0.15) is 15.2 Å². The van der Waals surface area contributed by atoms with E-state index in [4.69, 9.17) is 10.5 Å². The van der Waals surface area contributed by atoms with Gasteiger partial charge in [-0.05, 0) is 30.2 Å². The molecule has 4 N–H and O–H groups in total. The lowest BCUT2D eigenvalue weighted by Crippen LogP contribution is -2.41. The molecule has 28 heavy (non-hydrogen) atoms. The maximum absolute atomic E-state index is 12.6. The molecule has 0 saturated carbocycles. The van der Waals surface area contributed by atoms with E-state index in [2.05, 4.69) is 25.6 Å². The highest BCUT2D eigenvalue weighted by Crippen LogP contribution is 2.24. The van der Waals surface area contributed by atoms with E-state index in [0.29, 0.717) is 34.5 Å². The number of ether oxygens (including phenoxy) is 1. The highest BCUT2D eigenvalue weighted by atomic mass is 32.1. The van der Waals surface area contributed by atoms with Gasteiger partial charge in [0.2, 0.25) is 5.95 Å². The molecule has 3 aromatic rings. The lowest BCUT2D eigenvalue weighted by molar-refractivity contribution is 0.0942. The van der Waals surface area contributed by atoms with E-state index in [-0.39, 0.29) is 11.9 Å². The Kier molecular flexibility index (Phi) is 6.51. The van der Waals surface area contributed by atoms with Crippen molar-refractivity contribution in [2.45, 2.75) is 12.5 Å². The van der Waals surface area contributed by atoms with Crippen molar-refractivity contribution >= 4 is 23.2 Å². The molecule has 146 valence electrons. The molecule has 0 aliphatic heterocycles. The van der Waals surface area contributed by atoms with Crippen molar-refractivity contribution in [3.63, 3.8) is 0 Å². The minimum Gasteiger partial charge on any atom is -0.497 e. The number of hydrogen-bond acceptors (Lipinski definition) is 8. The number of benzene rings is 1. The lowest BCUT2D eigenvalue weighted by atomic mass is 10.1. The summed E-state index contributed by atoms with van der Waals surface area (Å²) in [5, 5.41) is 6.52. The monoisotopic (exact) mass is 398 g/mol. The zero-order chi connectivity index (χ0) is 19.9. The van der Waals surface area contributed by atoms with Crippen LogP contribution in [0.3, 0.4) is 0 Å². The average Bonchev–Trinajstić information content (AvgIpc) is 3.24. The van der Waals surface area contributed by atoms with Crippen LogP contribution >= 0.6 is 11.3 Å². The fourth-order valence-electron chi connectivity index (χ4n) is 2.59. The van der Waals surface area contributed by atoms with Gasteiger partial charge in [-0.3, -0.25) is 4.79 Å². The van der Waals surface area contributed by atoms with Gasteiger partial charge in [0.1, 0.15) is 21.3 Å². The molecular weight excluding hydrogens is 376 g/mol. The smallest absolute Gasteiger partial charge is 0.263 e. The van der Waals surface area contributed by atoms with E-state index in [0.717, 1.165) is 11.3 Å². The van der Waals surface area contributed by atoms with Gasteiger partial charge in [0.15, 0.2) is 0 Å². The topological polar surface area (TPSA) is 115 Å². The first kappa shape index (κ1) is 19.7. The summed E-state index contributed by atoms with van der Waals surface area (Å²) in [6.45, 7) is 0.334. The van der Waals surface area contributed by atoms with E-state index in [9.17, 15) is 4.79 Å². The van der Waals surface area contributed by atoms with Gasteiger partial charge in [-0.15, -0.1) is 11.3 Å². The molecule has 0 aliphatic rings. The second-order valence-electron chi connectivity index (χ2n) is 6.00. The summed E-state index contributed by atoms with van der Waals surface area (Å²) in [5.74, 6) is 1.09. The van der Waals surface area contributed by atoms with Gasteiger partial charge in [0.05, 0.1) is 13.3 Å². The standard InChI is InChI=1S/C19H22N6O2S/c1-21-19-22-8-7-15(25-19)18-23-11-16(28-18)17(26)24-13(10-20)9-12-3-5-14(27-2)6-4-12/h3-8,11,13H,9-10,20H2,1-2H3,(H,24,26)(H,21,22,25). The average molecular weight is 398 g/mol. The second kappa shape index (κ2) is 9.25. The van der Waals surface area contributed by atoms with Gasteiger partial charge in [-0.25, -0.2) is 15.0 Å². The quantitative estimate of drug-likeness (QED) is 0.531. The molecule has 0 radical (unpaired) electrons. The molecule has 1 aromatic carbocycles. The zero-order valence-corrected chi connectivity index (χ0v) is 16.5. The molecule has 0 bridgehead atoms. The molecular formula is C19H22N6O2S. The number of rotatable bonds is 8. The third-order valence-corrected chi connectivity index (χ3v) is 5.11. The number of thiazole rings is 1. The minimum atomic E-state index is -0.199. The van der Waals surface area contributed by atoms with E-state index < -0.39 is 0 Å². The number of methoxy groups -OCH3 is 1.